The van der Waals surface area contributed by atoms with Gasteiger partial charge in [-0.15, -0.1) is 10.2 Å². The Hall–Kier alpha value is 0.357. The van der Waals surface area contributed by atoms with E-state index in [-0.39, 0.29) is 0 Å². The van der Waals surface area contributed by atoms with E-state index >= 15 is 0 Å². The lowest BCUT2D eigenvalue weighted by Crippen LogP contribution is -2.42. The Morgan fingerprint density at radius 1 is 1.22 bits per heavy atom. The average molecular weight is 327 g/mol. The van der Waals surface area contributed by atoms with Crippen molar-refractivity contribution in [3.8, 4) is 0 Å². The maximum atomic E-state index is 5.36. The molecule has 0 fully saturated rings. The molecule has 0 unspecified atom stereocenters. The molecule has 0 radical (unpaired) electrons. The standard InChI is InChI=1S/C9H18N2O3S3Si/c1-12-18(13-2,14-3)6-4-5-16-9-11-10-8(7-15)17-9/h15H,4-7H2,1-3H3. The highest BCUT2D eigenvalue weighted by Gasteiger charge is 2.36. The molecule has 9 heteroatoms. The van der Waals surface area contributed by atoms with E-state index in [1.165, 1.54) is 0 Å². The normalized spacial score (nSPS) is 12.0. The number of hydrogen-bond acceptors (Lipinski definition) is 8. The minimum absolute atomic E-state index is 0.644. The van der Waals surface area contributed by atoms with Crippen LogP contribution >= 0.6 is 35.7 Å². The van der Waals surface area contributed by atoms with Gasteiger partial charge < -0.3 is 13.3 Å². The molecule has 5 nitrogen and oxygen atoms in total. The van der Waals surface area contributed by atoms with E-state index in [4.69, 9.17) is 13.3 Å². The van der Waals surface area contributed by atoms with Gasteiger partial charge in [0.05, 0.1) is 0 Å². The highest BCUT2D eigenvalue weighted by atomic mass is 32.2. The summed E-state index contributed by atoms with van der Waals surface area (Å²) in [4.78, 5) is 0. The predicted molar refractivity (Wildman–Crippen MR) is 79.5 cm³/mol. The van der Waals surface area contributed by atoms with E-state index in [2.05, 4.69) is 22.8 Å². The fourth-order valence-corrected chi connectivity index (χ4v) is 5.37. The fraction of sp³-hybridized carbons (Fsp3) is 0.778. The van der Waals surface area contributed by atoms with Gasteiger partial charge in [-0.1, -0.05) is 23.1 Å². The Morgan fingerprint density at radius 2 is 1.89 bits per heavy atom. The molecule has 0 aliphatic carbocycles. The molecule has 0 aliphatic heterocycles. The number of hydrogen-bond donors (Lipinski definition) is 1. The SMILES string of the molecule is CO[Si](CCCSc1nnc(CS)s1)(OC)OC. The van der Waals surface area contributed by atoms with Crippen LogP contribution in [-0.4, -0.2) is 46.1 Å². The Balaban J connectivity index is 2.29. The Morgan fingerprint density at radius 3 is 2.39 bits per heavy atom. The van der Waals surface area contributed by atoms with Gasteiger partial charge in [-0.2, -0.15) is 12.6 Å². The molecule has 104 valence electrons. The summed E-state index contributed by atoms with van der Waals surface area (Å²) in [7, 11) is 2.49. The molecule has 0 amide bonds. The van der Waals surface area contributed by atoms with Gasteiger partial charge in [-0.25, -0.2) is 0 Å². The molecular formula is C9H18N2O3S3Si. The van der Waals surface area contributed by atoms with Gasteiger partial charge in [-0.3, -0.25) is 0 Å². The highest BCUT2D eigenvalue weighted by Crippen LogP contribution is 2.25. The zero-order chi connectivity index (χ0) is 13.4. The highest BCUT2D eigenvalue weighted by molar-refractivity contribution is 8.01. The second-order valence-electron chi connectivity index (χ2n) is 3.37. The molecule has 0 atom stereocenters. The van der Waals surface area contributed by atoms with E-state index in [9.17, 15) is 0 Å². The monoisotopic (exact) mass is 326 g/mol. The molecular weight excluding hydrogens is 308 g/mol. The molecule has 0 saturated heterocycles. The smallest absolute Gasteiger partial charge is 0.377 e. The van der Waals surface area contributed by atoms with Crippen molar-refractivity contribution < 1.29 is 13.3 Å². The maximum Gasteiger partial charge on any atom is 0.500 e. The molecule has 0 aliphatic rings. The minimum atomic E-state index is -2.42. The topological polar surface area (TPSA) is 53.5 Å². The summed E-state index contributed by atoms with van der Waals surface area (Å²) in [5, 5.41) is 9.05. The van der Waals surface area contributed by atoms with Gasteiger partial charge in [0, 0.05) is 38.9 Å². The van der Waals surface area contributed by atoms with Gasteiger partial charge in [0.2, 0.25) is 0 Å². The van der Waals surface area contributed by atoms with Crippen molar-refractivity contribution in [2.45, 2.75) is 22.6 Å². The number of aromatic nitrogens is 2. The quantitative estimate of drug-likeness (QED) is 0.325. The number of rotatable bonds is 9. The Bertz CT molecular complexity index is 341. The second kappa shape index (κ2) is 8.51. The van der Waals surface area contributed by atoms with Crippen molar-refractivity contribution in [2.24, 2.45) is 0 Å². The molecule has 1 rings (SSSR count). The number of thiol groups is 1. The maximum absolute atomic E-state index is 5.36. The summed E-state index contributed by atoms with van der Waals surface area (Å²) >= 11 is 7.45. The van der Waals surface area contributed by atoms with E-state index in [0.29, 0.717) is 5.75 Å². The lowest BCUT2D eigenvalue weighted by atomic mass is 10.6. The van der Waals surface area contributed by atoms with Gasteiger partial charge in [0.1, 0.15) is 5.01 Å². The molecule has 0 bridgehead atoms. The summed E-state index contributed by atoms with van der Waals surface area (Å²) in [6.07, 6.45) is 0.961. The first kappa shape index (κ1) is 16.4. The first-order chi connectivity index (χ1) is 8.69. The molecule has 1 heterocycles. The number of nitrogens with zero attached hydrogens (tertiary/aromatic N) is 2. The Labute approximate surface area is 122 Å². The largest absolute Gasteiger partial charge is 0.500 e. The predicted octanol–water partition coefficient (Wildman–Crippen LogP) is 2.33. The molecule has 0 N–H and O–H groups in total. The van der Waals surface area contributed by atoms with Crippen LogP contribution in [0.1, 0.15) is 11.4 Å². The van der Waals surface area contributed by atoms with Crippen LogP contribution in [0.4, 0.5) is 0 Å². The van der Waals surface area contributed by atoms with E-state index in [1.54, 1.807) is 44.4 Å². The lowest BCUT2D eigenvalue weighted by molar-refractivity contribution is 0.123. The molecule has 0 spiro atoms. The van der Waals surface area contributed by atoms with Gasteiger partial charge >= 0.3 is 8.80 Å². The zero-order valence-electron chi connectivity index (χ0n) is 10.7. The van der Waals surface area contributed by atoms with Crippen LogP contribution in [0.15, 0.2) is 4.34 Å². The van der Waals surface area contributed by atoms with Crippen molar-refractivity contribution in [1.29, 1.82) is 0 Å². The summed E-state index contributed by atoms with van der Waals surface area (Å²) in [6.45, 7) is 0. The molecule has 18 heavy (non-hydrogen) atoms. The third-order valence-corrected chi connectivity index (χ3v) is 7.86. The van der Waals surface area contributed by atoms with Gasteiger partial charge in [-0.05, 0) is 6.42 Å². The van der Waals surface area contributed by atoms with Crippen molar-refractivity contribution >= 4 is 44.5 Å². The third-order valence-electron chi connectivity index (χ3n) is 2.37. The summed E-state index contributed by atoms with van der Waals surface area (Å²) in [5.74, 6) is 1.59. The van der Waals surface area contributed by atoms with Crippen molar-refractivity contribution in [1.82, 2.24) is 10.2 Å². The summed E-state index contributed by atoms with van der Waals surface area (Å²) in [6, 6.07) is 0.807. The summed E-state index contributed by atoms with van der Waals surface area (Å²) < 4.78 is 17.1. The van der Waals surface area contributed by atoms with Crippen LogP contribution in [0.3, 0.4) is 0 Å². The van der Waals surface area contributed by atoms with Crippen molar-refractivity contribution in [3.63, 3.8) is 0 Å². The van der Waals surface area contributed by atoms with Gasteiger partial charge in [0.15, 0.2) is 4.34 Å². The van der Waals surface area contributed by atoms with Crippen LogP contribution in [0, 0.1) is 0 Å². The van der Waals surface area contributed by atoms with Crippen LogP contribution in [-0.2, 0) is 19.0 Å². The lowest BCUT2D eigenvalue weighted by Gasteiger charge is -2.23. The van der Waals surface area contributed by atoms with Crippen LogP contribution in [0.5, 0.6) is 0 Å². The van der Waals surface area contributed by atoms with Crippen molar-refractivity contribution in [2.75, 3.05) is 27.1 Å². The second-order valence-corrected chi connectivity index (χ2v) is 9.18. The number of thioether (sulfide) groups is 1. The fourth-order valence-electron chi connectivity index (χ4n) is 1.36. The summed E-state index contributed by atoms with van der Waals surface area (Å²) in [5.41, 5.74) is 0. The molecule has 0 aromatic carbocycles. The third kappa shape index (κ3) is 4.80. The first-order valence-electron chi connectivity index (χ1n) is 5.41. The minimum Gasteiger partial charge on any atom is -0.377 e. The molecule has 1 aromatic heterocycles. The van der Waals surface area contributed by atoms with Gasteiger partial charge in [0.25, 0.3) is 0 Å². The molecule has 0 saturated carbocycles. The molecule has 1 aromatic rings. The first-order valence-corrected chi connectivity index (χ1v) is 9.78. The van der Waals surface area contributed by atoms with Crippen LogP contribution in [0.2, 0.25) is 6.04 Å². The average Bonchev–Trinajstić information content (AvgIpc) is 2.88. The van der Waals surface area contributed by atoms with Crippen molar-refractivity contribution in [3.05, 3.63) is 5.01 Å². The zero-order valence-corrected chi connectivity index (χ0v) is 14.2. The van der Waals surface area contributed by atoms with E-state index in [0.717, 1.165) is 27.6 Å². The van der Waals surface area contributed by atoms with Crippen LogP contribution in [0.25, 0.3) is 0 Å². The van der Waals surface area contributed by atoms with Crippen LogP contribution < -0.4 is 0 Å². The van der Waals surface area contributed by atoms with E-state index < -0.39 is 8.80 Å². The Kier molecular flexibility index (Phi) is 7.76. The van der Waals surface area contributed by atoms with E-state index in [1.807, 2.05) is 0 Å².